The van der Waals surface area contributed by atoms with E-state index in [1.165, 1.54) is 6.07 Å². The molecule has 0 radical (unpaired) electrons. The molecule has 0 spiro atoms. The molecule has 3 aromatic rings. The molecule has 7 nitrogen and oxygen atoms in total. The summed E-state index contributed by atoms with van der Waals surface area (Å²) in [5.41, 5.74) is 1.45. The van der Waals surface area contributed by atoms with E-state index in [9.17, 15) is 23.5 Å². The Morgan fingerprint density at radius 2 is 1.75 bits per heavy atom. The third kappa shape index (κ3) is 6.43. The molecule has 0 aliphatic carbocycles. The van der Waals surface area contributed by atoms with Crippen molar-refractivity contribution in [3.8, 4) is 5.75 Å². The minimum atomic E-state index is -1.01. The van der Waals surface area contributed by atoms with Crippen LogP contribution in [0.1, 0.15) is 21.5 Å². The van der Waals surface area contributed by atoms with Crippen molar-refractivity contribution in [1.82, 2.24) is 5.32 Å². The number of nitrogens with one attached hydrogen (secondary N) is 1. The molecule has 0 aromatic heterocycles. The second-order valence-electron chi connectivity index (χ2n) is 6.67. The van der Waals surface area contributed by atoms with E-state index in [2.05, 4.69) is 15.5 Å². The molecule has 0 fully saturated rings. The summed E-state index contributed by atoms with van der Waals surface area (Å²) in [6.07, 6.45) is 0.508. The molecule has 9 heteroatoms. The summed E-state index contributed by atoms with van der Waals surface area (Å²) in [6, 6.07) is 15.8. The zero-order valence-corrected chi connectivity index (χ0v) is 16.8. The Labute approximate surface area is 182 Å². The molecule has 0 atom stereocenters. The third-order valence-electron chi connectivity index (χ3n) is 4.41. The summed E-state index contributed by atoms with van der Waals surface area (Å²) < 4.78 is 32.0. The van der Waals surface area contributed by atoms with Crippen LogP contribution in [0.3, 0.4) is 0 Å². The van der Waals surface area contributed by atoms with E-state index in [-0.39, 0.29) is 24.4 Å². The van der Waals surface area contributed by atoms with Crippen LogP contribution in [-0.4, -0.2) is 23.7 Å². The first kappa shape index (κ1) is 22.5. The van der Waals surface area contributed by atoms with Crippen molar-refractivity contribution in [3.05, 3.63) is 95.1 Å². The highest BCUT2D eigenvalue weighted by Crippen LogP contribution is 2.19. The predicted molar refractivity (Wildman–Crippen MR) is 112 cm³/mol. The van der Waals surface area contributed by atoms with Crippen molar-refractivity contribution >= 4 is 17.7 Å². The van der Waals surface area contributed by atoms with Crippen LogP contribution in [0, 0.1) is 11.6 Å². The molecule has 0 heterocycles. The number of amides is 2. The van der Waals surface area contributed by atoms with Crippen molar-refractivity contribution < 1.29 is 28.2 Å². The number of urea groups is 1. The molecule has 0 aliphatic rings. The summed E-state index contributed by atoms with van der Waals surface area (Å²) in [4.78, 5) is 22.9. The van der Waals surface area contributed by atoms with Gasteiger partial charge in [-0.05, 0) is 42.3 Å². The molecule has 3 rings (SSSR count). The maximum Gasteiger partial charge on any atom is 0.359 e. The second-order valence-corrected chi connectivity index (χ2v) is 6.67. The number of hydrogen-bond acceptors (Lipinski definition) is 4. The first-order valence-electron chi connectivity index (χ1n) is 9.60. The van der Waals surface area contributed by atoms with Crippen LogP contribution in [0.5, 0.6) is 5.75 Å². The maximum absolute atomic E-state index is 13.5. The number of carboxylic acids is 1. The molecule has 164 valence electrons. The summed E-state index contributed by atoms with van der Waals surface area (Å²) >= 11 is 0. The molecule has 0 saturated carbocycles. The minimum absolute atomic E-state index is 0.123. The standard InChI is InChI=1S/C23H19F2N3O4/c24-17-7-10-21(20(25)13-17)27-28-23(31)26-12-11-15-5-8-18(9-6-15)32-14-16-3-1-2-4-19(16)22(29)30/h1-10,13H,11-12,14H2,(H,26,31)(H,29,30). The molecular weight excluding hydrogens is 420 g/mol. The van der Waals surface area contributed by atoms with Crippen LogP contribution in [-0.2, 0) is 13.0 Å². The Hall–Kier alpha value is -4.14. The Kier molecular flexibility index (Phi) is 7.58. The van der Waals surface area contributed by atoms with Gasteiger partial charge in [0, 0.05) is 18.2 Å². The fourth-order valence-electron chi connectivity index (χ4n) is 2.78. The van der Waals surface area contributed by atoms with Gasteiger partial charge in [0.15, 0.2) is 5.82 Å². The number of benzene rings is 3. The Balaban J connectivity index is 1.45. The largest absolute Gasteiger partial charge is 0.489 e. The molecule has 2 N–H and O–H groups in total. The zero-order chi connectivity index (χ0) is 22.9. The van der Waals surface area contributed by atoms with E-state index in [0.717, 1.165) is 17.7 Å². The number of carboxylic acid groups (broad SMARTS) is 1. The number of hydrogen-bond donors (Lipinski definition) is 2. The van der Waals surface area contributed by atoms with E-state index in [4.69, 9.17) is 4.74 Å². The smallest absolute Gasteiger partial charge is 0.359 e. The van der Waals surface area contributed by atoms with Gasteiger partial charge in [0.25, 0.3) is 0 Å². The summed E-state index contributed by atoms with van der Waals surface area (Å²) in [7, 11) is 0. The molecule has 0 bridgehead atoms. The second kappa shape index (κ2) is 10.8. The lowest BCUT2D eigenvalue weighted by Gasteiger charge is -2.09. The Morgan fingerprint density at radius 1 is 1.00 bits per heavy atom. The van der Waals surface area contributed by atoms with Gasteiger partial charge >= 0.3 is 12.0 Å². The molecule has 3 aromatic carbocycles. The van der Waals surface area contributed by atoms with Crippen LogP contribution in [0.15, 0.2) is 77.0 Å². The zero-order valence-electron chi connectivity index (χ0n) is 16.8. The van der Waals surface area contributed by atoms with Gasteiger partial charge in [-0.1, -0.05) is 35.4 Å². The molecule has 0 unspecified atom stereocenters. The van der Waals surface area contributed by atoms with E-state index in [1.54, 1.807) is 30.3 Å². The maximum atomic E-state index is 13.5. The minimum Gasteiger partial charge on any atom is -0.489 e. The normalized spacial score (nSPS) is 10.8. The van der Waals surface area contributed by atoms with Crippen LogP contribution >= 0.6 is 0 Å². The highest BCUT2D eigenvalue weighted by molar-refractivity contribution is 5.89. The summed E-state index contributed by atoms with van der Waals surface area (Å²) in [5.74, 6) is -2.08. The number of rotatable bonds is 8. The van der Waals surface area contributed by atoms with Gasteiger partial charge < -0.3 is 15.2 Å². The number of carbonyl (C=O) groups excluding carboxylic acids is 1. The fourth-order valence-corrected chi connectivity index (χ4v) is 2.78. The van der Waals surface area contributed by atoms with Crippen molar-refractivity contribution in [1.29, 1.82) is 0 Å². The SMILES string of the molecule is O=C(N=Nc1ccc(F)cc1F)NCCc1ccc(OCc2ccccc2C(=O)O)cc1. The van der Waals surface area contributed by atoms with Gasteiger partial charge in [-0.15, -0.1) is 5.11 Å². The molecule has 32 heavy (non-hydrogen) atoms. The van der Waals surface area contributed by atoms with Crippen molar-refractivity contribution in [2.75, 3.05) is 6.54 Å². The number of aromatic carboxylic acids is 1. The van der Waals surface area contributed by atoms with Gasteiger partial charge in [-0.25, -0.2) is 18.4 Å². The summed E-state index contributed by atoms with van der Waals surface area (Å²) in [5, 5.41) is 18.6. The molecule has 0 aliphatic heterocycles. The number of halogens is 2. The third-order valence-corrected chi connectivity index (χ3v) is 4.41. The van der Waals surface area contributed by atoms with E-state index in [1.807, 2.05) is 12.1 Å². The summed E-state index contributed by atoms with van der Waals surface area (Å²) in [6.45, 7) is 0.396. The first-order valence-corrected chi connectivity index (χ1v) is 9.60. The number of ether oxygens (including phenoxy) is 1. The van der Waals surface area contributed by atoms with Gasteiger partial charge in [0.2, 0.25) is 0 Å². The van der Waals surface area contributed by atoms with Crippen LogP contribution < -0.4 is 10.1 Å². The molecule has 0 saturated heterocycles. The van der Waals surface area contributed by atoms with Crippen molar-refractivity contribution in [2.45, 2.75) is 13.0 Å². The quantitative estimate of drug-likeness (QED) is 0.467. The number of carbonyl (C=O) groups is 2. The predicted octanol–water partition coefficient (Wildman–Crippen LogP) is 5.28. The van der Waals surface area contributed by atoms with Gasteiger partial charge in [0.1, 0.15) is 23.9 Å². The first-order chi connectivity index (χ1) is 15.4. The average molecular weight is 439 g/mol. The van der Waals surface area contributed by atoms with E-state index >= 15 is 0 Å². The van der Waals surface area contributed by atoms with Gasteiger partial charge in [0.05, 0.1) is 5.56 Å². The van der Waals surface area contributed by atoms with Gasteiger partial charge in [-0.2, -0.15) is 0 Å². The van der Waals surface area contributed by atoms with Crippen molar-refractivity contribution in [2.24, 2.45) is 10.2 Å². The topological polar surface area (TPSA) is 100 Å². The van der Waals surface area contributed by atoms with E-state index in [0.29, 0.717) is 23.8 Å². The highest BCUT2D eigenvalue weighted by atomic mass is 19.1. The Bertz CT molecular complexity index is 1130. The molecule has 2 amide bonds. The van der Waals surface area contributed by atoms with Crippen molar-refractivity contribution in [3.63, 3.8) is 0 Å². The average Bonchev–Trinajstić information content (AvgIpc) is 2.78. The van der Waals surface area contributed by atoms with Crippen LogP contribution in [0.2, 0.25) is 0 Å². The van der Waals surface area contributed by atoms with Crippen LogP contribution in [0.25, 0.3) is 0 Å². The van der Waals surface area contributed by atoms with Gasteiger partial charge in [-0.3, -0.25) is 0 Å². The molecular formula is C23H19F2N3O4. The van der Waals surface area contributed by atoms with Crippen LogP contribution in [0.4, 0.5) is 19.3 Å². The number of azo groups is 1. The lowest BCUT2D eigenvalue weighted by atomic mass is 10.1. The lowest BCUT2D eigenvalue weighted by molar-refractivity contribution is 0.0694. The highest BCUT2D eigenvalue weighted by Gasteiger charge is 2.09. The van der Waals surface area contributed by atoms with E-state index < -0.39 is 23.6 Å². The Morgan fingerprint density at radius 3 is 2.47 bits per heavy atom. The monoisotopic (exact) mass is 439 g/mol. The fraction of sp³-hybridized carbons (Fsp3) is 0.130. The lowest BCUT2D eigenvalue weighted by Crippen LogP contribution is -2.22. The number of nitrogens with zero attached hydrogens (tertiary/aromatic N) is 2.